The molecule has 1 aromatic heterocycles. The standard InChI is InChI=1S/C14H16N2O2/c1-14(2,3)16-12-9-6-4-5-7-11(9)15-8-10(12)13(17)18/h4-8H,1-3H3,(H,15,16)(H,17,18). The lowest BCUT2D eigenvalue weighted by Gasteiger charge is -2.24. The van der Waals surface area contributed by atoms with E-state index in [2.05, 4.69) is 10.3 Å². The third-order valence-corrected chi connectivity index (χ3v) is 2.51. The highest BCUT2D eigenvalue weighted by atomic mass is 16.4. The van der Waals surface area contributed by atoms with Gasteiger partial charge < -0.3 is 10.4 Å². The van der Waals surface area contributed by atoms with Crippen molar-refractivity contribution < 1.29 is 9.90 Å². The first kappa shape index (κ1) is 12.4. The van der Waals surface area contributed by atoms with Crippen LogP contribution in [0.25, 0.3) is 10.9 Å². The van der Waals surface area contributed by atoms with Gasteiger partial charge in [0.1, 0.15) is 5.56 Å². The Morgan fingerprint density at radius 3 is 2.56 bits per heavy atom. The molecule has 0 bridgehead atoms. The van der Waals surface area contributed by atoms with Crippen molar-refractivity contribution in [1.82, 2.24) is 4.98 Å². The minimum Gasteiger partial charge on any atom is -0.478 e. The number of aromatic nitrogens is 1. The van der Waals surface area contributed by atoms with E-state index < -0.39 is 5.97 Å². The van der Waals surface area contributed by atoms with Crippen molar-refractivity contribution in [2.75, 3.05) is 5.32 Å². The second kappa shape index (κ2) is 4.29. The lowest BCUT2D eigenvalue weighted by Crippen LogP contribution is -2.27. The molecule has 18 heavy (non-hydrogen) atoms. The number of para-hydroxylation sites is 1. The zero-order chi connectivity index (χ0) is 13.3. The fourth-order valence-corrected chi connectivity index (χ4v) is 1.81. The molecule has 4 heteroatoms. The molecular weight excluding hydrogens is 228 g/mol. The average molecular weight is 244 g/mol. The lowest BCUT2D eigenvalue weighted by atomic mass is 10.0. The Bertz CT molecular complexity index is 600. The molecule has 0 saturated heterocycles. The third-order valence-electron chi connectivity index (χ3n) is 2.51. The summed E-state index contributed by atoms with van der Waals surface area (Å²) in [6, 6.07) is 7.51. The van der Waals surface area contributed by atoms with Gasteiger partial charge in [-0.25, -0.2) is 4.79 Å². The van der Waals surface area contributed by atoms with E-state index in [1.54, 1.807) is 0 Å². The number of hydrogen-bond acceptors (Lipinski definition) is 3. The third kappa shape index (κ3) is 2.42. The number of fused-ring (bicyclic) bond motifs is 1. The van der Waals surface area contributed by atoms with E-state index in [1.165, 1.54) is 6.20 Å². The van der Waals surface area contributed by atoms with Crippen LogP contribution in [0.5, 0.6) is 0 Å². The van der Waals surface area contributed by atoms with Crippen LogP contribution in [0, 0.1) is 0 Å². The Balaban J connectivity index is 2.70. The number of anilines is 1. The van der Waals surface area contributed by atoms with Crippen LogP contribution in [0.3, 0.4) is 0 Å². The highest BCUT2D eigenvalue weighted by Gasteiger charge is 2.18. The van der Waals surface area contributed by atoms with Crippen molar-refractivity contribution in [2.24, 2.45) is 0 Å². The average Bonchev–Trinajstić information content (AvgIpc) is 2.27. The molecule has 2 aromatic rings. The molecule has 0 unspecified atom stereocenters. The zero-order valence-corrected chi connectivity index (χ0v) is 10.7. The van der Waals surface area contributed by atoms with Gasteiger partial charge >= 0.3 is 5.97 Å². The topological polar surface area (TPSA) is 62.2 Å². The SMILES string of the molecule is CC(C)(C)Nc1c(C(=O)O)cnc2ccccc12. The van der Waals surface area contributed by atoms with E-state index in [9.17, 15) is 9.90 Å². The maximum absolute atomic E-state index is 11.3. The van der Waals surface area contributed by atoms with Crippen LogP contribution in [-0.4, -0.2) is 21.6 Å². The molecule has 0 radical (unpaired) electrons. The zero-order valence-electron chi connectivity index (χ0n) is 10.7. The van der Waals surface area contributed by atoms with Gasteiger partial charge in [0.15, 0.2) is 0 Å². The smallest absolute Gasteiger partial charge is 0.339 e. The quantitative estimate of drug-likeness (QED) is 0.851. The van der Waals surface area contributed by atoms with E-state index in [-0.39, 0.29) is 11.1 Å². The van der Waals surface area contributed by atoms with Crippen LogP contribution in [0.4, 0.5) is 5.69 Å². The Hall–Kier alpha value is -2.10. The van der Waals surface area contributed by atoms with Crippen LogP contribution in [0.1, 0.15) is 31.1 Å². The van der Waals surface area contributed by atoms with Crippen LogP contribution in [0.15, 0.2) is 30.5 Å². The number of carboxylic acids is 1. The van der Waals surface area contributed by atoms with Crippen LogP contribution in [-0.2, 0) is 0 Å². The Labute approximate surface area is 106 Å². The first-order valence-corrected chi connectivity index (χ1v) is 5.78. The molecule has 94 valence electrons. The molecule has 2 rings (SSSR count). The Kier molecular flexibility index (Phi) is 2.95. The van der Waals surface area contributed by atoms with Crippen LogP contribution in [0.2, 0.25) is 0 Å². The molecule has 4 nitrogen and oxygen atoms in total. The molecule has 0 aliphatic carbocycles. The van der Waals surface area contributed by atoms with Crippen LogP contribution < -0.4 is 5.32 Å². The normalized spacial score (nSPS) is 11.5. The molecule has 0 saturated carbocycles. The summed E-state index contributed by atoms with van der Waals surface area (Å²) >= 11 is 0. The minimum absolute atomic E-state index is 0.198. The molecule has 0 amide bonds. The highest BCUT2D eigenvalue weighted by molar-refractivity contribution is 6.04. The molecule has 0 aliphatic heterocycles. The van der Waals surface area contributed by atoms with Gasteiger partial charge in [0.25, 0.3) is 0 Å². The van der Waals surface area contributed by atoms with E-state index >= 15 is 0 Å². The van der Waals surface area contributed by atoms with Gasteiger partial charge in [-0.1, -0.05) is 18.2 Å². The fourth-order valence-electron chi connectivity index (χ4n) is 1.81. The van der Waals surface area contributed by atoms with E-state index in [0.717, 1.165) is 10.9 Å². The van der Waals surface area contributed by atoms with Gasteiger partial charge in [0.2, 0.25) is 0 Å². The number of carboxylic acid groups (broad SMARTS) is 1. The van der Waals surface area contributed by atoms with Gasteiger partial charge in [-0.3, -0.25) is 4.98 Å². The second-order valence-corrected chi connectivity index (χ2v) is 5.24. The highest BCUT2D eigenvalue weighted by Crippen LogP contribution is 2.28. The van der Waals surface area contributed by atoms with Crippen molar-refractivity contribution in [1.29, 1.82) is 0 Å². The summed E-state index contributed by atoms with van der Waals surface area (Å²) < 4.78 is 0. The lowest BCUT2D eigenvalue weighted by molar-refractivity contribution is 0.0697. The predicted octanol–water partition coefficient (Wildman–Crippen LogP) is 3.14. The largest absolute Gasteiger partial charge is 0.478 e. The number of nitrogens with zero attached hydrogens (tertiary/aromatic N) is 1. The number of benzene rings is 1. The number of nitrogens with one attached hydrogen (secondary N) is 1. The summed E-state index contributed by atoms with van der Waals surface area (Å²) in [5, 5.41) is 13.3. The summed E-state index contributed by atoms with van der Waals surface area (Å²) in [6.07, 6.45) is 1.40. The maximum Gasteiger partial charge on any atom is 0.339 e. The summed E-state index contributed by atoms with van der Waals surface area (Å²) in [7, 11) is 0. The molecule has 1 aromatic carbocycles. The Morgan fingerprint density at radius 2 is 1.94 bits per heavy atom. The molecule has 0 spiro atoms. The first-order valence-electron chi connectivity index (χ1n) is 5.78. The summed E-state index contributed by atoms with van der Waals surface area (Å²) in [6.45, 7) is 5.98. The molecule has 0 aliphatic rings. The Morgan fingerprint density at radius 1 is 1.28 bits per heavy atom. The van der Waals surface area contributed by atoms with Gasteiger partial charge in [0, 0.05) is 17.1 Å². The van der Waals surface area contributed by atoms with Crippen LogP contribution >= 0.6 is 0 Å². The first-order chi connectivity index (χ1) is 8.38. The molecular formula is C14H16N2O2. The van der Waals surface area contributed by atoms with Crippen molar-refractivity contribution in [3.8, 4) is 0 Å². The molecule has 2 N–H and O–H groups in total. The van der Waals surface area contributed by atoms with E-state index in [0.29, 0.717) is 5.69 Å². The van der Waals surface area contributed by atoms with E-state index in [4.69, 9.17) is 0 Å². The predicted molar refractivity (Wildman–Crippen MR) is 72.1 cm³/mol. The monoisotopic (exact) mass is 244 g/mol. The number of pyridine rings is 1. The number of carbonyl (C=O) groups is 1. The summed E-state index contributed by atoms with van der Waals surface area (Å²) in [5.41, 5.74) is 1.40. The summed E-state index contributed by atoms with van der Waals surface area (Å²) in [5.74, 6) is -0.972. The number of aromatic carboxylic acids is 1. The van der Waals surface area contributed by atoms with Crippen molar-refractivity contribution >= 4 is 22.6 Å². The molecule has 0 fully saturated rings. The number of rotatable bonds is 2. The fraction of sp³-hybridized carbons (Fsp3) is 0.286. The van der Waals surface area contributed by atoms with Crippen molar-refractivity contribution in [3.05, 3.63) is 36.0 Å². The van der Waals surface area contributed by atoms with E-state index in [1.807, 2.05) is 45.0 Å². The summed E-state index contributed by atoms with van der Waals surface area (Å²) in [4.78, 5) is 15.4. The molecule has 1 heterocycles. The maximum atomic E-state index is 11.3. The number of hydrogen-bond donors (Lipinski definition) is 2. The van der Waals surface area contributed by atoms with Gasteiger partial charge in [0.05, 0.1) is 11.2 Å². The second-order valence-electron chi connectivity index (χ2n) is 5.24. The minimum atomic E-state index is -0.972. The van der Waals surface area contributed by atoms with Crippen molar-refractivity contribution in [2.45, 2.75) is 26.3 Å². The van der Waals surface area contributed by atoms with Gasteiger partial charge in [-0.15, -0.1) is 0 Å². The van der Waals surface area contributed by atoms with Crippen molar-refractivity contribution in [3.63, 3.8) is 0 Å². The van der Waals surface area contributed by atoms with Gasteiger partial charge in [-0.2, -0.15) is 0 Å². The molecule has 0 atom stereocenters. The van der Waals surface area contributed by atoms with Gasteiger partial charge in [-0.05, 0) is 26.8 Å².